The molecular formula is C24H26N4O5. The summed E-state index contributed by atoms with van der Waals surface area (Å²) in [5, 5.41) is 0.663. The number of carbonyl (C=O) groups excluding carboxylic acids is 4. The topological polar surface area (TPSA) is 122 Å². The molecule has 33 heavy (non-hydrogen) atoms. The highest BCUT2D eigenvalue weighted by molar-refractivity contribution is 6.64. The van der Waals surface area contributed by atoms with Crippen molar-refractivity contribution in [3.8, 4) is 0 Å². The Hall–Kier alpha value is -3.84. The van der Waals surface area contributed by atoms with Crippen LogP contribution in [-0.2, 0) is 26.2 Å². The average molecular weight is 450 g/mol. The molecule has 172 valence electrons. The van der Waals surface area contributed by atoms with Crippen molar-refractivity contribution in [1.82, 2.24) is 9.47 Å². The molecule has 3 rings (SSSR count). The Morgan fingerprint density at radius 1 is 1.27 bits per heavy atom. The lowest BCUT2D eigenvalue weighted by molar-refractivity contribution is -0.152. The summed E-state index contributed by atoms with van der Waals surface area (Å²) in [6, 6.07) is 7.30. The molecule has 1 aliphatic heterocycles. The molecule has 0 radical (unpaired) electrons. The van der Waals surface area contributed by atoms with Crippen LogP contribution in [0.2, 0.25) is 0 Å². The summed E-state index contributed by atoms with van der Waals surface area (Å²) in [5.41, 5.74) is 8.44. The lowest BCUT2D eigenvalue weighted by Crippen LogP contribution is -2.57. The van der Waals surface area contributed by atoms with E-state index in [2.05, 4.69) is 11.4 Å². The number of benzene rings is 1. The minimum Gasteiger partial charge on any atom is -0.457 e. The van der Waals surface area contributed by atoms with Crippen molar-refractivity contribution >= 4 is 46.3 Å². The molecular weight excluding hydrogens is 424 g/mol. The van der Waals surface area contributed by atoms with E-state index >= 15 is 0 Å². The van der Waals surface area contributed by atoms with Crippen LogP contribution >= 0.6 is 0 Å². The minimum atomic E-state index is -1.71. The molecule has 1 atom stereocenters. The standard InChI is InChI=1S/C24H26N4O5/c1-5-16-18(15-11-8-9-12-17(15)27(16)4)21(30)28-14-10-13-24(6-2,23(28)32)20(29)19(26-25)22(31)33-7-3/h5,8-9,11-12H,1,6-7,10,13-14H2,2-4H3. The number of Topliss-reactive ketones (excluding diaryl/α,β-unsaturated/α-hetero) is 1. The van der Waals surface area contributed by atoms with Gasteiger partial charge in [0, 0.05) is 24.5 Å². The van der Waals surface area contributed by atoms with Crippen LogP contribution in [0.15, 0.2) is 30.8 Å². The van der Waals surface area contributed by atoms with Crippen LogP contribution in [0.3, 0.4) is 0 Å². The van der Waals surface area contributed by atoms with Crippen LogP contribution in [0.4, 0.5) is 0 Å². The molecule has 0 aliphatic carbocycles. The fourth-order valence-corrected chi connectivity index (χ4v) is 4.52. The number of imide groups is 1. The van der Waals surface area contributed by atoms with E-state index in [1.807, 2.05) is 16.7 Å². The lowest BCUT2D eigenvalue weighted by Gasteiger charge is -2.38. The number of aromatic nitrogens is 1. The number of hydrogen-bond donors (Lipinski definition) is 0. The van der Waals surface area contributed by atoms with Gasteiger partial charge in [-0.1, -0.05) is 31.7 Å². The molecule has 1 unspecified atom stereocenters. The SMILES string of the molecule is C=Cc1c(C(=O)N2CCCC(CC)(C(=O)C(=[N+]=[N-])C(=O)OCC)C2=O)c2ccccc2n1C. The van der Waals surface area contributed by atoms with Gasteiger partial charge in [-0.25, -0.2) is 4.79 Å². The van der Waals surface area contributed by atoms with Gasteiger partial charge in [0.15, 0.2) is 0 Å². The third-order valence-electron chi connectivity index (χ3n) is 6.27. The highest BCUT2D eigenvalue weighted by atomic mass is 16.5. The number of likely N-dealkylation sites (tertiary alicyclic amines) is 1. The average Bonchev–Trinajstić information content (AvgIpc) is 3.11. The monoisotopic (exact) mass is 450 g/mol. The van der Waals surface area contributed by atoms with E-state index in [0.29, 0.717) is 23.1 Å². The van der Waals surface area contributed by atoms with E-state index in [-0.39, 0.29) is 26.0 Å². The molecule has 1 aliphatic rings. The van der Waals surface area contributed by atoms with Gasteiger partial charge in [-0.2, -0.15) is 4.79 Å². The smallest absolute Gasteiger partial charge is 0.442 e. The molecule has 2 aromatic rings. The van der Waals surface area contributed by atoms with Gasteiger partial charge in [-0.3, -0.25) is 19.3 Å². The number of fused-ring (bicyclic) bond motifs is 1. The summed E-state index contributed by atoms with van der Waals surface area (Å²) in [7, 11) is 1.80. The quantitative estimate of drug-likeness (QED) is 0.160. The van der Waals surface area contributed by atoms with Crippen molar-refractivity contribution < 1.29 is 28.7 Å². The summed E-state index contributed by atoms with van der Waals surface area (Å²) in [4.78, 5) is 56.6. The van der Waals surface area contributed by atoms with Gasteiger partial charge in [0.2, 0.25) is 5.91 Å². The van der Waals surface area contributed by atoms with Gasteiger partial charge in [0.1, 0.15) is 5.41 Å². The highest BCUT2D eigenvalue weighted by Crippen LogP contribution is 2.38. The maximum atomic E-state index is 13.7. The first kappa shape index (κ1) is 23.8. The Bertz CT molecular complexity index is 1220. The van der Waals surface area contributed by atoms with Gasteiger partial charge in [0.05, 0.1) is 17.9 Å². The van der Waals surface area contributed by atoms with Gasteiger partial charge in [0.25, 0.3) is 11.7 Å². The van der Waals surface area contributed by atoms with E-state index in [1.165, 1.54) is 0 Å². The maximum absolute atomic E-state index is 13.7. The molecule has 2 heterocycles. The molecule has 0 bridgehead atoms. The third kappa shape index (κ3) is 3.70. The lowest BCUT2D eigenvalue weighted by atomic mass is 9.71. The molecule has 9 heteroatoms. The number of amides is 2. The number of esters is 1. The Balaban J connectivity index is 2.08. The normalized spacial score (nSPS) is 18.0. The van der Waals surface area contributed by atoms with Crippen molar-refractivity contribution in [2.24, 2.45) is 12.5 Å². The minimum absolute atomic E-state index is 0.0245. The van der Waals surface area contributed by atoms with Crippen molar-refractivity contribution in [1.29, 1.82) is 0 Å². The highest BCUT2D eigenvalue weighted by Gasteiger charge is 2.56. The first-order chi connectivity index (χ1) is 15.8. The predicted octanol–water partition coefficient (Wildman–Crippen LogP) is 2.78. The molecule has 1 aromatic carbocycles. The Kier molecular flexibility index (Phi) is 6.74. The van der Waals surface area contributed by atoms with Crippen LogP contribution in [0.5, 0.6) is 0 Å². The number of piperidine rings is 1. The van der Waals surface area contributed by atoms with Crippen molar-refractivity contribution in [3.05, 3.63) is 47.6 Å². The number of aryl methyl sites for hydroxylation is 1. The van der Waals surface area contributed by atoms with Crippen LogP contribution in [0.1, 0.15) is 49.2 Å². The van der Waals surface area contributed by atoms with Gasteiger partial charge < -0.3 is 14.8 Å². The molecule has 0 spiro atoms. The summed E-state index contributed by atoms with van der Waals surface area (Å²) < 4.78 is 6.62. The first-order valence-electron chi connectivity index (χ1n) is 10.8. The van der Waals surface area contributed by atoms with Crippen molar-refractivity contribution in [2.45, 2.75) is 33.1 Å². The summed E-state index contributed by atoms with van der Waals surface area (Å²) >= 11 is 0. The molecule has 2 amide bonds. The van der Waals surface area contributed by atoms with E-state index in [0.717, 1.165) is 10.4 Å². The van der Waals surface area contributed by atoms with Crippen molar-refractivity contribution in [2.75, 3.05) is 13.2 Å². The first-order valence-corrected chi connectivity index (χ1v) is 10.8. The summed E-state index contributed by atoms with van der Waals surface area (Å²) in [5.74, 6) is -3.33. The number of para-hydroxylation sites is 1. The molecule has 1 aromatic heterocycles. The zero-order valence-electron chi connectivity index (χ0n) is 19.0. The third-order valence-corrected chi connectivity index (χ3v) is 6.27. The fraction of sp³-hybridized carbons (Fsp3) is 0.375. The maximum Gasteiger partial charge on any atom is 0.442 e. The summed E-state index contributed by atoms with van der Waals surface area (Å²) in [6.45, 7) is 7.07. The zero-order valence-corrected chi connectivity index (χ0v) is 19.0. The van der Waals surface area contributed by atoms with Crippen molar-refractivity contribution in [3.63, 3.8) is 0 Å². The molecule has 9 nitrogen and oxygen atoms in total. The van der Waals surface area contributed by atoms with Crippen LogP contribution in [0.25, 0.3) is 22.5 Å². The van der Waals surface area contributed by atoms with Gasteiger partial charge >= 0.3 is 11.7 Å². The van der Waals surface area contributed by atoms with E-state index < -0.39 is 34.7 Å². The second kappa shape index (κ2) is 9.34. The van der Waals surface area contributed by atoms with E-state index in [4.69, 9.17) is 4.74 Å². The van der Waals surface area contributed by atoms with Gasteiger partial charge in [-0.05, 0) is 38.3 Å². The second-order valence-electron chi connectivity index (χ2n) is 7.84. The van der Waals surface area contributed by atoms with Crippen LogP contribution in [0, 0.1) is 5.41 Å². The number of ketones is 1. The number of nitrogens with zero attached hydrogens (tertiary/aromatic N) is 4. The second-order valence-corrected chi connectivity index (χ2v) is 7.84. The molecule has 0 saturated carbocycles. The number of ether oxygens (including phenoxy) is 1. The van der Waals surface area contributed by atoms with E-state index in [1.54, 1.807) is 39.1 Å². The van der Waals surface area contributed by atoms with E-state index in [9.17, 15) is 24.7 Å². The Morgan fingerprint density at radius 3 is 2.58 bits per heavy atom. The molecule has 1 fully saturated rings. The Labute approximate surface area is 191 Å². The summed E-state index contributed by atoms with van der Waals surface area (Å²) in [6.07, 6.45) is 2.05. The number of carbonyl (C=O) groups is 4. The number of hydrogen-bond acceptors (Lipinski definition) is 5. The molecule has 1 saturated heterocycles. The fourth-order valence-electron chi connectivity index (χ4n) is 4.52. The number of rotatable bonds is 7. The Morgan fingerprint density at radius 2 is 1.97 bits per heavy atom. The largest absolute Gasteiger partial charge is 0.457 e. The zero-order chi connectivity index (χ0) is 24.3. The van der Waals surface area contributed by atoms with Crippen LogP contribution in [-0.4, -0.2) is 56.7 Å². The predicted molar refractivity (Wildman–Crippen MR) is 121 cm³/mol. The van der Waals surface area contributed by atoms with Gasteiger partial charge in [-0.15, -0.1) is 0 Å². The van der Waals surface area contributed by atoms with Crippen LogP contribution < -0.4 is 0 Å². The molecule has 0 N–H and O–H groups in total.